The van der Waals surface area contributed by atoms with Gasteiger partial charge in [-0.1, -0.05) is 44.9 Å². The van der Waals surface area contributed by atoms with Crippen molar-refractivity contribution in [1.82, 2.24) is 42.5 Å². The first-order chi connectivity index (χ1) is 21.4. The van der Waals surface area contributed by atoms with Gasteiger partial charge in [0.1, 0.15) is 0 Å². The molecule has 0 aromatic rings. The molecule has 1 radical (unpaired) electrons. The Hall–Kier alpha value is 0.0965. The van der Waals surface area contributed by atoms with Gasteiger partial charge in [0.15, 0.2) is 0 Å². The molecule has 4 saturated carbocycles. The van der Waals surface area contributed by atoms with Crippen molar-refractivity contribution in [3.8, 4) is 0 Å². The molecule has 0 aromatic carbocycles. The van der Waals surface area contributed by atoms with Crippen LogP contribution >= 0.6 is 0 Å². The first-order valence-electron chi connectivity index (χ1n) is 18.5. The molecule has 17 unspecified atom stereocenters. The zero-order valence-electron chi connectivity index (χ0n) is 26.6. The second kappa shape index (κ2) is 12.8. The third-order valence-electron chi connectivity index (χ3n) is 14.3. The van der Waals surface area contributed by atoms with Crippen LogP contribution in [0, 0.1) is 47.3 Å². The summed E-state index contributed by atoms with van der Waals surface area (Å²) in [7, 11) is -3.66. The zero-order chi connectivity index (χ0) is 29.6. The number of hydrogen-bond acceptors (Lipinski definition) is 10. The van der Waals surface area contributed by atoms with Crippen LogP contribution in [-0.2, 0) is 26.8 Å². The molecule has 5 aliphatic heterocycles. The fourth-order valence-electron chi connectivity index (χ4n) is 12.4. The molecule has 5 heterocycles. The summed E-state index contributed by atoms with van der Waals surface area (Å²) in [5, 5.41) is 38.2. The van der Waals surface area contributed by atoms with Gasteiger partial charge in [-0.3, -0.25) is 42.5 Å². The summed E-state index contributed by atoms with van der Waals surface area (Å²) in [5.41, 5.74) is 0. The van der Waals surface area contributed by atoms with E-state index in [1.54, 1.807) is 0 Å². The zero-order valence-corrected chi connectivity index (χ0v) is 28.4. The monoisotopic (exact) mass is 690 g/mol. The largest absolute Gasteiger partial charge is 0.286 e. The Morgan fingerprint density at radius 2 is 0.644 bits per heavy atom. The SMILES string of the molecule is NS(=O)(=O)C1CCCC2C3NC4NC(NC5NC(NC6NC(NC(N3)C21)C1CCCCC61)C1CCCCC51)C1CCCCC41.[Co]. The molecule has 9 rings (SSSR count). The summed E-state index contributed by atoms with van der Waals surface area (Å²) >= 11 is 0. The van der Waals surface area contributed by atoms with Gasteiger partial charge in [0, 0.05) is 22.7 Å². The van der Waals surface area contributed by atoms with E-state index in [4.69, 9.17) is 5.14 Å². The first kappa shape index (κ1) is 32.3. The van der Waals surface area contributed by atoms with Crippen LogP contribution in [-0.4, -0.2) is 63.0 Å². The molecule has 4 aliphatic carbocycles. The third kappa shape index (κ3) is 5.70. The molecule has 0 aromatic heterocycles. The Morgan fingerprint density at radius 3 is 0.956 bits per heavy atom. The summed E-state index contributed by atoms with van der Waals surface area (Å²) in [6.07, 6.45) is 19.6. The van der Waals surface area contributed by atoms with Crippen molar-refractivity contribution in [3.05, 3.63) is 0 Å². The third-order valence-corrected chi connectivity index (χ3v) is 15.6. The van der Waals surface area contributed by atoms with E-state index >= 15 is 0 Å². The topological polar surface area (TPSA) is 156 Å². The fourth-order valence-corrected chi connectivity index (χ4v) is 13.7. The Labute approximate surface area is 280 Å². The molecule has 8 bridgehead atoms. The Balaban J connectivity index is 0.00000300. The molecule has 13 heteroatoms. The van der Waals surface area contributed by atoms with E-state index < -0.39 is 15.3 Å². The molecule has 45 heavy (non-hydrogen) atoms. The van der Waals surface area contributed by atoms with Crippen molar-refractivity contribution in [1.29, 1.82) is 0 Å². The maximum Gasteiger partial charge on any atom is 0.212 e. The van der Waals surface area contributed by atoms with Gasteiger partial charge in [-0.15, -0.1) is 0 Å². The summed E-state index contributed by atoms with van der Waals surface area (Å²) in [6, 6.07) is 0. The van der Waals surface area contributed by atoms with Crippen LogP contribution < -0.4 is 47.7 Å². The van der Waals surface area contributed by atoms with Gasteiger partial charge in [0.05, 0.1) is 54.6 Å². The fraction of sp³-hybridized carbons (Fsp3) is 1.00. The van der Waals surface area contributed by atoms with Crippen molar-refractivity contribution in [2.24, 2.45) is 52.5 Å². The summed E-state index contributed by atoms with van der Waals surface area (Å²) in [4.78, 5) is 0. The second-order valence-electron chi connectivity index (χ2n) is 16.3. The van der Waals surface area contributed by atoms with Gasteiger partial charge in [0.25, 0.3) is 0 Å². The molecule has 17 atom stereocenters. The van der Waals surface area contributed by atoms with Crippen molar-refractivity contribution < 1.29 is 25.2 Å². The van der Waals surface area contributed by atoms with Crippen molar-refractivity contribution in [2.75, 3.05) is 0 Å². The normalized spacial score (nSPS) is 54.3. The minimum absolute atomic E-state index is 0. The number of hydrogen-bond donors (Lipinski definition) is 9. The second-order valence-corrected chi connectivity index (χ2v) is 18.1. The van der Waals surface area contributed by atoms with Crippen LogP contribution in [0.1, 0.15) is 96.3 Å². The molecule has 9 aliphatic rings. The number of rotatable bonds is 1. The van der Waals surface area contributed by atoms with Crippen LogP contribution in [0.5, 0.6) is 0 Å². The van der Waals surface area contributed by atoms with E-state index in [2.05, 4.69) is 42.5 Å². The maximum atomic E-state index is 13.0. The van der Waals surface area contributed by atoms with Gasteiger partial charge in [-0.2, -0.15) is 0 Å². The predicted molar refractivity (Wildman–Crippen MR) is 169 cm³/mol. The minimum atomic E-state index is -3.66. The molecule has 11 nitrogen and oxygen atoms in total. The van der Waals surface area contributed by atoms with E-state index in [-0.39, 0.29) is 65.6 Å². The molecular weight excluding hydrogens is 633 g/mol. The maximum absolute atomic E-state index is 13.0. The molecule has 257 valence electrons. The summed E-state index contributed by atoms with van der Waals surface area (Å²) in [6.45, 7) is 0. The van der Waals surface area contributed by atoms with Crippen molar-refractivity contribution in [2.45, 2.75) is 151 Å². The van der Waals surface area contributed by atoms with E-state index in [1.165, 1.54) is 77.0 Å². The van der Waals surface area contributed by atoms with Gasteiger partial charge >= 0.3 is 0 Å². The molecule has 5 saturated heterocycles. The van der Waals surface area contributed by atoms with Gasteiger partial charge in [0.2, 0.25) is 10.0 Å². The molecule has 9 fully saturated rings. The Morgan fingerprint density at radius 1 is 0.378 bits per heavy atom. The number of nitrogens with two attached hydrogens (primary N) is 1. The molecule has 10 N–H and O–H groups in total. The van der Waals surface area contributed by atoms with Crippen molar-refractivity contribution in [3.63, 3.8) is 0 Å². The quantitative estimate of drug-likeness (QED) is 0.194. The Kier molecular flexibility index (Phi) is 9.17. The molecule has 0 spiro atoms. The molecular formula is C32H57CoN9O2S. The first-order valence-corrected chi connectivity index (χ1v) is 20.1. The van der Waals surface area contributed by atoms with Crippen LogP contribution in [0.4, 0.5) is 0 Å². The van der Waals surface area contributed by atoms with Gasteiger partial charge < -0.3 is 0 Å². The van der Waals surface area contributed by atoms with E-state index in [0.717, 1.165) is 12.8 Å². The average molecular weight is 691 g/mol. The van der Waals surface area contributed by atoms with E-state index in [1.807, 2.05) is 0 Å². The van der Waals surface area contributed by atoms with Crippen LogP contribution in [0.15, 0.2) is 0 Å². The smallest absolute Gasteiger partial charge is 0.212 e. The van der Waals surface area contributed by atoms with Crippen molar-refractivity contribution >= 4 is 10.0 Å². The number of fused-ring (bicyclic) bond motifs is 20. The number of nitrogens with one attached hydrogen (secondary N) is 8. The van der Waals surface area contributed by atoms with Gasteiger partial charge in [-0.05, 0) is 92.8 Å². The van der Waals surface area contributed by atoms with Crippen LogP contribution in [0.25, 0.3) is 0 Å². The molecule has 0 amide bonds. The summed E-state index contributed by atoms with van der Waals surface area (Å²) < 4.78 is 26.1. The average Bonchev–Trinajstić information content (AvgIpc) is 3.76. The van der Waals surface area contributed by atoms with Crippen LogP contribution in [0.2, 0.25) is 0 Å². The van der Waals surface area contributed by atoms with E-state index in [0.29, 0.717) is 54.3 Å². The Bertz CT molecular complexity index is 1180. The number of primary sulfonamides is 1. The predicted octanol–water partition coefficient (Wildman–Crippen LogP) is 0.870. The van der Waals surface area contributed by atoms with Crippen LogP contribution in [0.3, 0.4) is 0 Å². The minimum Gasteiger partial charge on any atom is -0.286 e. The number of sulfonamides is 1. The van der Waals surface area contributed by atoms with E-state index in [9.17, 15) is 8.42 Å². The van der Waals surface area contributed by atoms with Gasteiger partial charge in [-0.25, -0.2) is 13.6 Å². The summed E-state index contributed by atoms with van der Waals surface area (Å²) in [5.74, 6) is 3.83. The standard InChI is InChI=1S/C32H57N9O2S.Co/c33-44(42,43)23-15-7-14-22-24(23)32-40-30-21-13-6-5-12-20(21)28(38-30)36-26-17-9-2-1-8-16(17)25(34-26)35-27-18-10-3-4-11-19(18)29(37-27)39-31(22)41-32;/h16-32,34-41H,1-15H2,(H2,33,42,43);.